The van der Waals surface area contributed by atoms with E-state index in [-0.39, 0.29) is 22.4 Å². The number of hydrogen-bond acceptors (Lipinski definition) is 7. The van der Waals surface area contributed by atoms with Crippen molar-refractivity contribution in [1.82, 2.24) is 0 Å². The summed E-state index contributed by atoms with van der Waals surface area (Å²) in [4.78, 5) is 61.4. The zero-order chi connectivity index (χ0) is 24.4. The number of esters is 1. The minimum atomic E-state index is -0.851. The van der Waals surface area contributed by atoms with Crippen LogP contribution < -0.4 is 10.2 Å². The minimum Gasteiger partial charge on any atom is -0.452 e. The van der Waals surface area contributed by atoms with E-state index in [1.54, 1.807) is 31.2 Å². The van der Waals surface area contributed by atoms with Gasteiger partial charge < -0.3 is 10.1 Å². The van der Waals surface area contributed by atoms with Gasteiger partial charge in [-0.1, -0.05) is 18.2 Å². The molecule has 170 valence electrons. The predicted molar refractivity (Wildman–Crippen MR) is 121 cm³/mol. The number of para-hydroxylation sites is 1. The fraction of sp³-hybridized carbons (Fsp3) is 0.0833. The number of nitro groups is 1. The Morgan fingerprint density at radius 1 is 0.971 bits per heavy atom. The number of nitro benzene ring substituents is 1. The molecule has 10 nitrogen and oxygen atoms in total. The SMILES string of the molecule is Cc1ccccc1N1C(=O)c2ccc(C(=O)OCC(=O)Nc3ccc([N+](=O)[O-])cc3)cc2C1=O. The molecule has 0 unspecified atom stereocenters. The molecule has 34 heavy (non-hydrogen) atoms. The molecule has 0 fully saturated rings. The second-order valence-corrected chi connectivity index (χ2v) is 7.42. The highest BCUT2D eigenvalue weighted by Gasteiger charge is 2.37. The van der Waals surface area contributed by atoms with Gasteiger partial charge in [0.25, 0.3) is 23.4 Å². The number of benzene rings is 3. The third-order valence-electron chi connectivity index (χ3n) is 5.17. The van der Waals surface area contributed by atoms with E-state index in [1.807, 2.05) is 0 Å². The van der Waals surface area contributed by atoms with E-state index < -0.39 is 35.2 Å². The van der Waals surface area contributed by atoms with E-state index in [2.05, 4.69) is 5.32 Å². The van der Waals surface area contributed by atoms with Gasteiger partial charge in [0.1, 0.15) is 0 Å². The van der Waals surface area contributed by atoms with Crippen LogP contribution in [0, 0.1) is 17.0 Å². The van der Waals surface area contributed by atoms with Crippen LogP contribution in [0.3, 0.4) is 0 Å². The molecular weight excluding hydrogens is 442 g/mol. The molecule has 3 aromatic rings. The Morgan fingerprint density at radius 2 is 1.65 bits per heavy atom. The largest absolute Gasteiger partial charge is 0.452 e. The third kappa shape index (κ3) is 4.24. The molecule has 0 spiro atoms. The summed E-state index contributed by atoms with van der Waals surface area (Å²) in [5.74, 6) is -2.55. The molecule has 10 heteroatoms. The molecule has 0 aromatic heterocycles. The number of anilines is 2. The van der Waals surface area contributed by atoms with Crippen LogP contribution in [0.2, 0.25) is 0 Å². The van der Waals surface area contributed by atoms with Gasteiger partial charge in [-0.25, -0.2) is 9.69 Å². The summed E-state index contributed by atoms with van der Waals surface area (Å²) >= 11 is 0. The maximum atomic E-state index is 12.9. The first-order valence-corrected chi connectivity index (χ1v) is 10.1. The molecule has 1 aliphatic heterocycles. The maximum absolute atomic E-state index is 12.9. The fourth-order valence-electron chi connectivity index (χ4n) is 3.48. The number of carbonyl (C=O) groups is 4. The van der Waals surface area contributed by atoms with Gasteiger partial charge in [0.05, 0.1) is 27.3 Å². The quantitative estimate of drug-likeness (QED) is 0.258. The normalized spacial score (nSPS) is 12.3. The number of aryl methyl sites for hydroxylation is 1. The fourth-order valence-corrected chi connectivity index (χ4v) is 3.48. The van der Waals surface area contributed by atoms with Gasteiger partial charge >= 0.3 is 5.97 Å². The summed E-state index contributed by atoms with van der Waals surface area (Å²) in [6.45, 7) is 1.17. The number of amides is 3. The first kappa shape index (κ1) is 22.3. The molecule has 0 saturated heterocycles. The molecule has 0 atom stereocenters. The Morgan fingerprint density at radius 3 is 2.32 bits per heavy atom. The van der Waals surface area contributed by atoms with E-state index in [1.165, 1.54) is 42.5 Å². The zero-order valence-corrected chi connectivity index (χ0v) is 17.8. The standard InChI is InChI=1S/C24H17N3O7/c1-14-4-2-3-5-20(14)26-22(29)18-11-6-15(12-19(18)23(26)30)24(31)34-13-21(28)25-16-7-9-17(10-8-16)27(32)33/h2-12H,13H2,1H3,(H,25,28). The molecule has 3 aromatic carbocycles. The van der Waals surface area contributed by atoms with Crippen molar-refractivity contribution in [2.24, 2.45) is 0 Å². The Kier molecular flexibility index (Phi) is 5.88. The van der Waals surface area contributed by atoms with Crippen molar-refractivity contribution >= 4 is 40.8 Å². The molecule has 3 amide bonds. The van der Waals surface area contributed by atoms with Gasteiger partial charge in [-0.15, -0.1) is 0 Å². The van der Waals surface area contributed by atoms with Crippen molar-refractivity contribution in [3.05, 3.63) is 99.1 Å². The van der Waals surface area contributed by atoms with Crippen molar-refractivity contribution in [2.75, 3.05) is 16.8 Å². The summed E-state index contributed by atoms with van der Waals surface area (Å²) in [7, 11) is 0. The Labute approximate surface area is 192 Å². The van der Waals surface area contributed by atoms with Gasteiger partial charge in [-0.2, -0.15) is 0 Å². The lowest BCUT2D eigenvalue weighted by molar-refractivity contribution is -0.384. The van der Waals surface area contributed by atoms with Crippen LogP contribution >= 0.6 is 0 Å². The summed E-state index contributed by atoms with van der Waals surface area (Å²) in [6, 6.07) is 16.1. The van der Waals surface area contributed by atoms with Crippen LogP contribution in [0.1, 0.15) is 36.6 Å². The first-order chi connectivity index (χ1) is 16.3. The van der Waals surface area contributed by atoms with Crippen LogP contribution in [0.25, 0.3) is 0 Å². The number of imide groups is 1. The van der Waals surface area contributed by atoms with Crippen LogP contribution in [-0.4, -0.2) is 35.2 Å². The number of ether oxygens (including phenoxy) is 1. The number of fused-ring (bicyclic) bond motifs is 1. The molecule has 4 rings (SSSR count). The molecule has 0 bridgehead atoms. The summed E-state index contributed by atoms with van der Waals surface area (Å²) in [5.41, 5.74) is 1.62. The number of non-ortho nitro benzene ring substituents is 1. The van der Waals surface area contributed by atoms with Gasteiger partial charge in [0.15, 0.2) is 6.61 Å². The number of rotatable bonds is 6. The third-order valence-corrected chi connectivity index (χ3v) is 5.17. The van der Waals surface area contributed by atoms with Crippen LogP contribution in [0.4, 0.5) is 17.1 Å². The van der Waals surface area contributed by atoms with E-state index in [9.17, 15) is 29.3 Å². The molecule has 1 aliphatic rings. The molecule has 1 heterocycles. The number of hydrogen-bond donors (Lipinski definition) is 1. The summed E-state index contributed by atoms with van der Waals surface area (Å²) in [5, 5.41) is 13.1. The number of nitrogens with zero attached hydrogens (tertiary/aromatic N) is 2. The lowest BCUT2D eigenvalue weighted by Gasteiger charge is -2.16. The average molecular weight is 459 g/mol. The molecule has 1 N–H and O–H groups in total. The van der Waals surface area contributed by atoms with Crippen LogP contribution in [-0.2, 0) is 9.53 Å². The minimum absolute atomic E-state index is 0.00895. The summed E-state index contributed by atoms with van der Waals surface area (Å²) < 4.78 is 5.01. The van der Waals surface area contributed by atoms with Crippen molar-refractivity contribution in [2.45, 2.75) is 6.92 Å². The highest BCUT2D eigenvalue weighted by molar-refractivity contribution is 6.35. The van der Waals surface area contributed by atoms with E-state index in [4.69, 9.17) is 4.74 Å². The van der Waals surface area contributed by atoms with Crippen molar-refractivity contribution in [1.29, 1.82) is 0 Å². The maximum Gasteiger partial charge on any atom is 0.338 e. The molecular formula is C24H17N3O7. The Balaban J connectivity index is 1.42. The highest BCUT2D eigenvalue weighted by atomic mass is 16.6. The topological polar surface area (TPSA) is 136 Å². The van der Waals surface area contributed by atoms with E-state index >= 15 is 0 Å². The Bertz CT molecular complexity index is 1350. The Hall–Kier alpha value is -4.86. The van der Waals surface area contributed by atoms with Crippen molar-refractivity contribution in [3.63, 3.8) is 0 Å². The monoisotopic (exact) mass is 459 g/mol. The highest BCUT2D eigenvalue weighted by Crippen LogP contribution is 2.31. The van der Waals surface area contributed by atoms with Gasteiger partial charge in [-0.05, 0) is 48.9 Å². The van der Waals surface area contributed by atoms with Crippen molar-refractivity contribution < 1.29 is 28.8 Å². The lowest BCUT2D eigenvalue weighted by Crippen LogP contribution is -2.29. The van der Waals surface area contributed by atoms with Crippen molar-refractivity contribution in [3.8, 4) is 0 Å². The predicted octanol–water partition coefficient (Wildman–Crippen LogP) is 3.50. The van der Waals surface area contributed by atoms with E-state index in [0.717, 1.165) is 10.5 Å². The first-order valence-electron chi connectivity index (χ1n) is 10.1. The zero-order valence-electron chi connectivity index (χ0n) is 17.8. The van der Waals surface area contributed by atoms with E-state index in [0.29, 0.717) is 11.4 Å². The van der Waals surface area contributed by atoms with Crippen LogP contribution in [0.5, 0.6) is 0 Å². The average Bonchev–Trinajstić information content (AvgIpc) is 3.07. The smallest absolute Gasteiger partial charge is 0.338 e. The molecule has 0 aliphatic carbocycles. The number of carbonyl (C=O) groups excluding carboxylic acids is 4. The van der Waals surface area contributed by atoms with Gasteiger partial charge in [0.2, 0.25) is 0 Å². The van der Waals surface area contributed by atoms with Gasteiger partial charge in [-0.3, -0.25) is 24.5 Å². The van der Waals surface area contributed by atoms with Gasteiger partial charge in [0, 0.05) is 17.8 Å². The molecule has 0 radical (unpaired) electrons. The number of nitrogens with one attached hydrogen (secondary N) is 1. The molecule has 0 saturated carbocycles. The van der Waals surface area contributed by atoms with Crippen LogP contribution in [0.15, 0.2) is 66.7 Å². The lowest BCUT2D eigenvalue weighted by atomic mass is 10.1. The second kappa shape index (κ2) is 8.94. The second-order valence-electron chi connectivity index (χ2n) is 7.42. The summed E-state index contributed by atoms with van der Waals surface area (Å²) in [6.07, 6.45) is 0.